The fraction of sp³-hybridized carbons (Fsp3) is 0.741. The van der Waals surface area contributed by atoms with Crippen molar-refractivity contribution in [1.29, 1.82) is 0 Å². The molecule has 4 aliphatic carbocycles. The van der Waals surface area contributed by atoms with Crippen LogP contribution in [0.3, 0.4) is 0 Å². The summed E-state index contributed by atoms with van der Waals surface area (Å²) in [7, 11) is 0. The first-order chi connectivity index (χ1) is 14.4. The molecule has 164 valence electrons. The van der Waals surface area contributed by atoms with Crippen molar-refractivity contribution in [3.05, 3.63) is 24.3 Å². The van der Waals surface area contributed by atoms with Crippen molar-refractivity contribution in [2.24, 2.45) is 34.5 Å². The highest BCUT2D eigenvalue weighted by Crippen LogP contribution is 2.66. The summed E-state index contributed by atoms with van der Waals surface area (Å²) < 4.78 is 6.77. The molecule has 7 atom stereocenters. The number of hydrogen-bond acceptors (Lipinski definition) is 2. The topological polar surface area (TPSA) is 38.3 Å². The van der Waals surface area contributed by atoms with E-state index in [1.807, 2.05) is 24.3 Å². The van der Waals surface area contributed by atoms with E-state index in [-0.39, 0.29) is 5.91 Å². The van der Waals surface area contributed by atoms with Crippen LogP contribution in [-0.4, -0.2) is 12.0 Å². The maximum Gasteiger partial charge on any atom is 0.221 e. The molecule has 0 heterocycles. The fourth-order valence-electron chi connectivity index (χ4n) is 8.44. The molecule has 0 saturated heterocycles. The normalized spacial score (nSPS) is 42.6. The number of carbonyl (C=O) groups excluding carboxylic acids is 1. The van der Waals surface area contributed by atoms with Gasteiger partial charge in [0.05, 0.1) is 0 Å². The summed E-state index contributed by atoms with van der Waals surface area (Å²) in [6.07, 6.45) is 14.3. The molecule has 1 aromatic carbocycles. The van der Waals surface area contributed by atoms with Crippen LogP contribution in [0.5, 0.6) is 5.75 Å². The predicted molar refractivity (Wildman–Crippen MR) is 122 cm³/mol. The van der Waals surface area contributed by atoms with Crippen molar-refractivity contribution in [1.82, 2.24) is 0 Å². The molecule has 5 rings (SSSR count). The van der Waals surface area contributed by atoms with Gasteiger partial charge in [-0.3, -0.25) is 4.79 Å². The zero-order valence-corrected chi connectivity index (χ0v) is 19.1. The number of hydrogen-bond donors (Lipinski definition) is 1. The third-order valence-electron chi connectivity index (χ3n) is 9.81. The molecule has 3 heteroatoms. The van der Waals surface area contributed by atoms with Crippen LogP contribution in [0.1, 0.15) is 85.0 Å². The minimum Gasteiger partial charge on any atom is -0.490 e. The van der Waals surface area contributed by atoms with Gasteiger partial charge >= 0.3 is 0 Å². The van der Waals surface area contributed by atoms with E-state index in [4.69, 9.17) is 4.74 Å². The minimum absolute atomic E-state index is 0.0307. The highest BCUT2D eigenvalue weighted by Gasteiger charge is 2.60. The van der Waals surface area contributed by atoms with E-state index in [1.165, 1.54) is 64.2 Å². The van der Waals surface area contributed by atoms with Crippen LogP contribution < -0.4 is 10.1 Å². The lowest BCUT2D eigenvalue weighted by Crippen LogP contribution is -2.57. The standard InChI is InChI=1S/C27H39NO2/c1-18(29)28-19-9-11-20(12-10-19)30-25-17-21-22-8-6-14-26(22,2)16-13-23(21)27(3)15-5-4-7-24(25)27/h9-12,21-25H,4-8,13-17H2,1-3H3,(H,28,29)/t21-,22-,23-,24+,25+,26-,27+/m0/s1. The zero-order chi connectivity index (χ0) is 20.9. The van der Waals surface area contributed by atoms with Gasteiger partial charge in [0, 0.05) is 18.5 Å². The van der Waals surface area contributed by atoms with Gasteiger partial charge in [-0.15, -0.1) is 0 Å². The van der Waals surface area contributed by atoms with E-state index in [1.54, 1.807) is 6.92 Å². The molecule has 0 spiro atoms. The number of rotatable bonds is 3. The lowest BCUT2D eigenvalue weighted by Gasteiger charge is -2.61. The molecule has 0 bridgehead atoms. The Hall–Kier alpha value is -1.51. The van der Waals surface area contributed by atoms with E-state index in [9.17, 15) is 4.79 Å². The number of amides is 1. The van der Waals surface area contributed by atoms with Crippen LogP contribution in [-0.2, 0) is 4.79 Å². The van der Waals surface area contributed by atoms with Crippen LogP contribution in [0.15, 0.2) is 24.3 Å². The van der Waals surface area contributed by atoms with E-state index in [2.05, 4.69) is 19.2 Å². The number of anilines is 1. The molecule has 1 aromatic rings. The molecule has 30 heavy (non-hydrogen) atoms. The first kappa shape index (κ1) is 20.4. The average Bonchev–Trinajstić information content (AvgIpc) is 3.11. The number of carbonyl (C=O) groups is 1. The summed E-state index contributed by atoms with van der Waals surface area (Å²) in [4.78, 5) is 11.3. The molecule has 0 unspecified atom stereocenters. The van der Waals surface area contributed by atoms with Crippen LogP contribution >= 0.6 is 0 Å². The van der Waals surface area contributed by atoms with Crippen molar-refractivity contribution in [3.8, 4) is 5.75 Å². The van der Waals surface area contributed by atoms with Crippen LogP contribution in [0.25, 0.3) is 0 Å². The molecular formula is C27H39NO2. The lowest BCUT2D eigenvalue weighted by atomic mass is 9.45. The second kappa shape index (κ2) is 7.57. The number of fused-ring (bicyclic) bond motifs is 5. The van der Waals surface area contributed by atoms with Gasteiger partial charge in [0.25, 0.3) is 0 Å². The maximum absolute atomic E-state index is 11.3. The van der Waals surface area contributed by atoms with E-state index in [0.717, 1.165) is 29.2 Å². The smallest absolute Gasteiger partial charge is 0.221 e. The summed E-state index contributed by atoms with van der Waals surface area (Å²) in [5.41, 5.74) is 1.88. The van der Waals surface area contributed by atoms with E-state index in [0.29, 0.717) is 22.9 Å². The Bertz CT molecular complexity index is 789. The summed E-state index contributed by atoms with van der Waals surface area (Å²) >= 11 is 0. The monoisotopic (exact) mass is 409 g/mol. The Morgan fingerprint density at radius 2 is 1.70 bits per heavy atom. The van der Waals surface area contributed by atoms with E-state index >= 15 is 0 Å². The van der Waals surface area contributed by atoms with Gasteiger partial charge in [0.15, 0.2) is 0 Å². The summed E-state index contributed by atoms with van der Waals surface area (Å²) in [5, 5.41) is 2.86. The Morgan fingerprint density at radius 3 is 2.47 bits per heavy atom. The van der Waals surface area contributed by atoms with Gasteiger partial charge in [0.2, 0.25) is 5.91 Å². The van der Waals surface area contributed by atoms with Gasteiger partial charge in [-0.1, -0.05) is 33.1 Å². The van der Waals surface area contributed by atoms with Gasteiger partial charge in [-0.2, -0.15) is 0 Å². The zero-order valence-electron chi connectivity index (χ0n) is 19.1. The van der Waals surface area contributed by atoms with Gasteiger partial charge in [-0.25, -0.2) is 0 Å². The second-order valence-electron chi connectivity index (χ2n) is 11.4. The molecule has 4 fully saturated rings. The second-order valence-corrected chi connectivity index (χ2v) is 11.4. The number of benzene rings is 1. The first-order valence-corrected chi connectivity index (χ1v) is 12.4. The highest BCUT2D eigenvalue weighted by atomic mass is 16.5. The van der Waals surface area contributed by atoms with Gasteiger partial charge < -0.3 is 10.1 Å². The summed E-state index contributed by atoms with van der Waals surface area (Å²) in [5.74, 6) is 4.27. The molecule has 0 aliphatic heterocycles. The van der Waals surface area contributed by atoms with Crippen molar-refractivity contribution >= 4 is 11.6 Å². The summed E-state index contributed by atoms with van der Waals surface area (Å²) in [6.45, 7) is 6.77. The van der Waals surface area contributed by atoms with Gasteiger partial charge in [0.1, 0.15) is 11.9 Å². The minimum atomic E-state index is -0.0307. The van der Waals surface area contributed by atoms with Crippen molar-refractivity contribution < 1.29 is 9.53 Å². The Kier molecular flexibility index (Phi) is 5.14. The number of nitrogens with one attached hydrogen (secondary N) is 1. The highest BCUT2D eigenvalue weighted by molar-refractivity contribution is 5.88. The molecule has 4 aliphatic rings. The molecule has 0 aromatic heterocycles. The Labute approximate surface area is 182 Å². The maximum atomic E-state index is 11.3. The Balaban J connectivity index is 1.41. The molecule has 4 saturated carbocycles. The van der Waals surface area contributed by atoms with Crippen molar-refractivity contribution in [2.75, 3.05) is 5.32 Å². The molecular weight excluding hydrogens is 370 g/mol. The fourth-order valence-corrected chi connectivity index (χ4v) is 8.44. The lowest BCUT2D eigenvalue weighted by molar-refractivity contribution is -0.146. The SMILES string of the molecule is CC(=O)Nc1ccc(O[C@@H]2C[C@H]3[C@@H]4CCC[C@@]4(C)CC[C@@H]3[C@@]3(C)CCCC[C@H]23)cc1. The molecule has 1 N–H and O–H groups in total. The van der Waals surface area contributed by atoms with Crippen LogP contribution in [0, 0.1) is 34.5 Å². The third-order valence-corrected chi connectivity index (χ3v) is 9.81. The Morgan fingerprint density at radius 1 is 0.933 bits per heavy atom. The third kappa shape index (κ3) is 3.37. The summed E-state index contributed by atoms with van der Waals surface area (Å²) in [6, 6.07) is 8.02. The van der Waals surface area contributed by atoms with Crippen molar-refractivity contribution in [2.45, 2.75) is 91.1 Å². The molecule has 1 amide bonds. The quantitative estimate of drug-likeness (QED) is 0.594. The molecule has 3 nitrogen and oxygen atoms in total. The average molecular weight is 410 g/mol. The van der Waals surface area contributed by atoms with E-state index < -0.39 is 0 Å². The first-order valence-electron chi connectivity index (χ1n) is 12.4. The van der Waals surface area contributed by atoms with Crippen LogP contribution in [0.4, 0.5) is 5.69 Å². The van der Waals surface area contributed by atoms with Crippen LogP contribution in [0.2, 0.25) is 0 Å². The largest absolute Gasteiger partial charge is 0.490 e. The van der Waals surface area contributed by atoms with Crippen molar-refractivity contribution in [3.63, 3.8) is 0 Å². The predicted octanol–water partition coefficient (Wildman–Crippen LogP) is 6.83. The van der Waals surface area contributed by atoms with Gasteiger partial charge in [-0.05, 0) is 97.8 Å². The number of ether oxygens (including phenoxy) is 1. The molecule has 0 radical (unpaired) electrons.